The minimum atomic E-state index is -0.392. The van der Waals surface area contributed by atoms with Crippen LogP contribution in [0.4, 0.5) is 0 Å². The number of carbonyl (C=O) groups excluding carboxylic acids is 1. The molecule has 0 saturated carbocycles. The van der Waals surface area contributed by atoms with Crippen LogP contribution in [-0.4, -0.2) is 52.8 Å². The zero-order valence-corrected chi connectivity index (χ0v) is 17.8. The second-order valence-electron chi connectivity index (χ2n) is 7.84. The molecule has 1 unspecified atom stereocenters. The van der Waals surface area contributed by atoms with Crippen molar-refractivity contribution in [2.45, 2.75) is 38.8 Å². The molecular weight excluding hydrogens is 398 g/mol. The average Bonchev–Trinajstić information content (AvgIpc) is 3.28. The Labute approximate surface area is 179 Å². The lowest BCUT2D eigenvalue weighted by molar-refractivity contribution is 0.0855. The third-order valence-corrected chi connectivity index (χ3v) is 5.54. The van der Waals surface area contributed by atoms with Gasteiger partial charge < -0.3 is 19.4 Å². The van der Waals surface area contributed by atoms with Crippen molar-refractivity contribution in [1.29, 1.82) is 5.41 Å². The highest BCUT2D eigenvalue weighted by molar-refractivity contribution is 5.96. The first-order chi connectivity index (χ1) is 15.0. The molecule has 9 nitrogen and oxygen atoms in total. The van der Waals surface area contributed by atoms with Gasteiger partial charge in [-0.2, -0.15) is 0 Å². The summed E-state index contributed by atoms with van der Waals surface area (Å²) < 4.78 is 13.8. The van der Waals surface area contributed by atoms with E-state index in [0.29, 0.717) is 49.4 Å². The fourth-order valence-electron chi connectivity index (χ4n) is 3.91. The van der Waals surface area contributed by atoms with Gasteiger partial charge in [-0.15, -0.1) is 0 Å². The monoisotopic (exact) mass is 425 g/mol. The van der Waals surface area contributed by atoms with E-state index in [1.54, 1.807) is 23.9 Å². The molecule has 0 spiro atoms. The van der Waals surface area contributed by atoms with Crippen LogP contribution in [0.2, 0.25) is 0 Å². The van der Waals surface area contributed by atoms with Crippen LogP contribution >= 0.6 is 0 Å². The zero-order valence-electron chi connectivity index (χ0n) is 17.8. The van der Waals surface area contributed by atoms with Crippen molar-refractivity contribution in [2.75, 3.05) is 26.9 Å². The Morgan fingerprint density at radius 3 is 3.00 bits per heavy atom. The van der Waals surface area contributed by atoms with E-state index in [0.717, 1.165) is 18.4 Å². The van der Waals surface area contributed by atoms with E-state index in [-0.39, 0.29) is 22.7 Å². The first-order valence-electron chi connectivity index (χ1n) is 10.5. The van der Waals surface area contributed by atoms with Gasteiger partial charge >= 0.3 is 0 Å². The SMILES string of the molecule is COCCCn1c(=N)c(C(=O)NCC2CCCO2)cc2c(=O)n3cc(C)ccc3nc21. The van der Waals surface area contributed by atoms with Crippen LogP contribution in [0.5, 0.6) is 0 Å². The molecule has 31 heavy (non-hydrogen) atoms. The summed E-state index contributed by atoms with van der Waals surface area (Å²) in [6, 6.07) is 5.15. The second-order valence-corrected chi connectivity index (χ2v) is 7.84. The molecule has 9 heteroatoms. The molecule has 4 rings (SSSR count). The van der Waals surface area contributed by atoms with Crippen LogP contribution in [-0.2, 0) is 16.0 Å². The number of nitrogens with one attached hydrogen (secondary N) is 2. The Hall–Kier alpha value is -3.04. The fraction of sp³-hybridized carbons (Fsp3) is 0.455. The molecular formula is C22H27N5O4. The molecule has 3 aromatic heterocycles. The molecule has 164 valence electrons. The molecule has 3 aromatic rings. The van der Waals surface area contributed by atoms with E-state index < -0.39 is 5.91 Å². The average molecular weight is 425 g/mol. The van der Waals surface area contributed by atoms with Crippen molar-refractivity contribution in [3.8, 4) is 0 Å². The van der Waals surface area contributed by atoms with Gasteiger partial charge in [0, 0.05) is 39.6 Å². The highest BCUT2D eigenvalue weighted by Crippen LogP contribution is 2.13. The summed E-state index contributed by atoms with van der Waals surface area (Å²) in [7, 11) is 1.61. The summed E-state index contributed by atoms with van der Waals surface area (Å²) in [5.74, 6) is -0.392. The minimum absolute atomic E-state index is 0.00775. The predicted octanol–water partition coefficient (Wildman–Crippen LogP) is 1.38. The first-order valence-corrected chi connectivity index (χ1v) is 10.5. The molecule has 0 aliphatic carbocycles. The molecule has 2 N–H and O–H groups in total. The number of amides is 1. The van der Waals surface area contributed by atoms with Crippen LogP contribution in [0.25, 0.3) is 16.7 Å². The van der Waals surface area contributed by atoms with Crippen molar-refractivity contribution in [1.82, 2.24) is 19.3 Å². The molecule has 4 heterocycles. The van der Waals surface area contributed by atoms with E-state index in [2.05, 4.69) is 10.3 Å². The third kappa shape index (κ3) is 4.24. The molecule has 1 aliphatic rings. The summed E-state index contributed by atoms with van der Waals surface area (Å²) >= 11 is 0. The summed E-state index contributed by atoms with van der Waals surface area (Å²) in [5.41, 5.74) is 1.73. The molecule has 1 aliphatic heterocycles. The number of methoxy groups -OCH3 is 1. The van der Waals surface area contributed by atoms with E-state index in [4.69, 9.17) is 14.9 Å². The van der Waals surface area contributed by atoms with Gasteiger partial charge in [-0.05, 0) is 43.9 Å². The van der Waals surface area contributed by atoms with E-state index in [1.807, 2.05) is 13.0 Å². The Kier molecular flexibility index (Phi) is 6.15. The number of aromatic nitrogens is 3. The lowest BCUT2D eigenvalue weighted by Crippen LogP contribution is -2.38. The fourth-order valence-corrected chi connectivity index (χ4v) is 3.91. The van der Waals surface area contributed by atoms with Gasteiger partial charge in [0.25, 0.3) is 11.5 Å². The number of pyridine rings is 2. The van der Waals surface area contributed by atoms with Crippen LogP contribution in [0.1, 0.15) is 35.2 Å². The van der Waals surface area contributed by atoms with Gasteiger partial charge in [0.05, 0.1) is 17.1 Å². The number of carbonyl (C=O) groups is 1. The largest absolute Gasteiger partial charge is 0.385 e. The summed E-state index contributed by atoms with van der Waals surface area (Å²) in [6.45, 7) is 3.89. The summed E-state index contributed by atoms with van der Waals surface area (Å²) in [5, 5.41) is 11.8. The van der Waals surface area contributed by atoms with E-state index >= 15 is 0 Å². The first kappa shape index (κ1) is 21.2. The van der Waals surface area contributed by atoms with Crippen molar-refractivity contribution in [2.24, 2.45) is 0 Å². The normalized spacial score (nSPS) is 16.3. The molecule has 0 bridgehead atoms. The lowest BCUT2D eigenvalue weighted by atomic mass is 10.1. The Bertz CT molecular complexity index is 1240. The maximum atomic E-state index is 13.2. The van der Waals surface area contributed by atoms with Crippen molar-refractivity contribution >= 4 is 22.6 Å². The quantitative estimate of drug-likeness (QED) is 0.439. The molecule has 1 saturated heterocycles. The number of fused-ring (bicyclic) bond motifs is 2. The van der Waals surface area contributed by atoms with Gasteiger partial charge in [0.1, 0.15) is 16.8 Å². The van der Waals surface area contributed by atoms with E-state index in [9.17, 15) is 9.59 Å². The topological polar surface area (TPSA) is 111 Å². The second kappa shape index (κ2) is 8.99. The predicted molar refractivity (Wildman–Crippen MR) is 115 cm³/mol. The number of nitrogens with zero attached hydrogens (tertiary/aromatic N) is 3. The maximum Gasteiger partial charge on any atom is 0.267 e. The van der Waals surface area contributed by atoms with Crippen molar-refractivity contribution in [3.63, 3.8) is 0 Å². The molecule has 0 radical (unpaired) electrons. The third-order valence-electron chi connectivity index (χ3n) is 5.54. The van der Waals surface area contributed by atoms with Gasteiger partial charge in [-0.25, -0.2) is 4.98 Å². The molecule has 1 atom stereocenters. The number of hydrogen-bond donors (Lipinski definition) is 2. The highest BCUT2D eigenvalue weighted by atomic mass is 16.5. The molecule has 1 fully saturated rings. The summed E-state index contributed by atoms with van der Waals surface area (Å²) in [4.78, 5) is 30.8. The minimum Gasteiger partial charge on any atom is -0.385 e. The maximum absolute atomic E-state index is 13.2. The van der Waals surface area contributed by atoms with Crippen LogP contribution in [0, 0.1) is 12.3 Å². The Balaban J connectivity index is 1.83. The standard InChI is InChI=1S/C22H27N5O4/c1-14-6-7-18-25-20-17(22(29)27(18)13-14)11-16(19(23)26(20)8-4-9-30-2)21(28)24-12-15-5-3-10-31-15/h6-7,11,13,15,23H,3-5,8-10,12H2,1-2H3,(H,24,28). The smallest absolute Gasteiger partial charge is 0.267 e. The van der Waals surface area contributed by atoms with Gasteiger partial charge in [-0.1, -0.05) is 6.07 Å². The van der Waals surface area contributed by atoms with Gasteiger partial charge in [-0.3, -0.25) is 19.4 Å². The molecule has 0 aromatic carbocycles. The van der Waals surface area contributed by atoms with Gasteiger partial charge in [0.2, 0.25) is 0 Å². The van der Waals surface area contributed by atoms with Crippen LogP contribution in [0.15, 0.2) is 29.2 Å². The van der Waals surface area contributed by atoms with Crippen molar-refractivity contribution in [3.05, 3.63) is 51.4 Å². The molecule has 1 amide bonds. The zero-order chi connectivity index (χ0) is 22.0. The Morgan fingerprint density at radius 2 is 2.26 bits per heavy atom. The Morgan fingerprint density at radius 1 is 1.42 bits per heavy atom. The van der Waals surface area contributed by atoms with Gasteiger partial charge in [0.15, 0.2) is 0 Å². The number of ether oxygens (including phenoxy) is 2. The van der Waals surface area contributed by atoms with Crippen LogP contribution < -0.4 is 16.4 Å². The number of aryl methyl sites for hydroxylation is 2. The lowest BCUT2D eigenvalue weighted by Gasteiger charge is -2.15. The summed E-state index contributed by atoms with van der Waals surface area (Å²) in [6.07, 6.45) is 4.23. The van der Waals surface area contributed by atoms with E-state index in [1.165, 1.54) is 10.5 Å². The number of rotatable bonds is 7. The van der Waals surface area contributed by atoms with Crippen molar-refractivity contribution < 1.29 is 14.3 Å². The highest BCUT2D eigenvalue weighted by Gasteiger charge is 2.20. The number of hydrogen-bond acceptors (Lipinski definition) is 6. The van der Waals surface area contributed by atoms with Crippen LogP contribution in [0.3, 0.4) is 0 Å².